The molecule has 0 aliphatic heterocycles. The van der Waals surface area contributed by atoms with E-state index in [1.165, 1.54) is 7.11 Å². The number of carbonyl (C=O) groups excluding carboxylic acids is 2. The van der Waals surface area contributed by atoms with E-state index in [-0.39, 0.29) is 11.9 Å². The molecule has 3 heteroatoms. The molecular weight excluding hydrogens is 204 g/mol. The fourth-order valence-corrected chi connectivity index (χ4v) is 1.98. The average molecular weight is 224 g/mol. The number of hydrogen-bond acceptors (Lipinski definition) is 3. The third-order valence-electron chi connectivity index (χ3n) is 3.00. The normalized spacial score (nSPS) is 20.6. The maximum absolute atomic E-state index is 11.3. The number of Topliss-reactive ketones (excluding diaryl/α,β-unsaturated/α-hetero) is 1. The van der Waals surface area contributed by atoms with Crippen LogP contribution in [0.25, 0.3) is 0 Å². The van der Waals surface area contributed by atoms with Crippen LogP contribution in [0.4, 0.5) is 0 Å². The van der Waals surface area contributed by atoms with E-state index in [2.05, 4.69) is 16.9 Å². The number of carbonyl (C=O) groups is 2. The predicted octanol–water partition coefficient (Wildman–Crippen LogP) is 2.65. The van der Waals surface area contributed by atoms with Crippen molar-refractivity contribution in [1.29, 1.82) is 0 Å². The number of esters is 1. The van der Waals surface area contributed by atoms with Crippen molar-refractivity contribution in [3.63, 3.8) is 0 Å². The highest BCUT2D eigenvalue weighted by atomic mass is 16.5. The molecule has 1 aliphatic rings. The molecule has 1 rings (SSSR count). The number of ether oxygens (including phenoxy) is 1. The monoisotopic (exact) mass is 224 g/mol. The van der Waals surface area contributed by atoms with Crippen molar-refractivity contribution in [3.05, 3.63) is 12.2 Å². The zero-order valence-electron chi connectivity index (χ0n) is 9.91. The molecular formula is C13H20O3. The molecule has 1 unspecified atom stereocenters. The number of hydrogen-bond donors (Lipinski definition) is 0. The zero-order valence-corrected chi connectivity index (χ0v) is 9.91. The Bertz CT molecular complexity index is 268. The Balaban J connectivity index is 2.04. The molecule has 0 aromatic heterocycles. The Morgan fingerprint density at radius 3 is 2.94 bits per heavy atom. The maximum atomic E-state index is 11.3. The minimum atomic E-state index is -0.153. The van der Waals surface area contributed by atoms with Gasteiger partial charge < -0.3 is 4.74 Å². The first-order chi connectivity index (χ1) is 7.74. The minimum absolute atomic E-state index is 0.153. The summed E-state index contributed by atoms with van der Waals surface area (Å²) < 4.78 is 4.54. The first kappa shape index (κ1) is 12.9. The molecule has 0 radical (unpaired) electrons. The van der Waals surface area contributed by atoms with Crippen LogP contribution in [0.3, 0.4) is 0 Å². The van der Waals surface area contributed by atoms with Gasteiger partial charge in [-0.2, -0.15) is 0 Å². The molecule has 0 heterocycles. The summed E-state index contributed by atoms with van der Waals surface area (Å²) in [5.41, 5.74) is 0. The van der Waals surface area contributed by atoms with E-state index in [1.807, 2.05) is 0 Å². The molecule has 0 saturated heterocycles. The number of allylic oxidation sites excluding steroid dienone is 2. The first-order valence-corrected chi connectivity index (χ1v) is 5.98. The lowest BCUT2D eigenvalue weighted by atomic mass is 10.0. The smallest absolute Gasteiger partial charge is 0.305 e. The van der Waals surface area contributed by atoms with Gasteiger partial charge in [0.25, 0.3) is 0 Å². The first-order valence-electron chi connectivity index (χ1n) is 5.98. The van der Waals surface area contributed by atoms with E-state index in [0.717, 1.165) is 38.5 Å². The highest BCUT2D eigenvalue weighted by Gasteiger charge is 2.22. The lowest BCUT2D eigenvalue weighted by Gasteiger charge is -2.02. The number of unbranched alkanes of at least 4 members (excludes halogenated alkanes) is 1. The van der Waals surface area contributed by atoms with Gasteiger partial charge in [-0.1, -0.05) is 12.2 Å². The fourth-order valence-electron chi connectivity index (χ4n) is 1.98. The minimum Gasteiger partial charge on any atom is -0.469 e. The number of methoxy groups -OCH3 is 1. The predicted molar refractivity (Wildman–Crippen MR) is 62.0 cm³/mol. The zero-order chi connectivity index (χ0) is 11.8. The molecule has 1 aliphatic carbocycles. The number of rotatable bonds is 6. The van der Waals surface area contributed by atoms with Crippen LogP contribution in [0.1, 0.15) is 44.9 Å². The van der Waals surface area contributed by atoms with Gasteiger partial charge in [-0.05, 0) is 32.1 Å². The molecule has 16 heavy (non-hydrogen) atoms. The SMILES string of the molecule is COC(=O)CCC/C=C\CC1CCCC1=O. The summed E-state index contributed by atoms with van der Waals surface area (Å²) in [7, 11) is 1.41. The average Bonchev–Trinajstić information content (AvgIpc) is 2.69. The van der Waals surface area contributed by atoms with Crippen molar-refractivity contribution < 1.29 is 14.3 Å². The Labute approximate surface area is 96.9 Å². The van der Waals surface area contributed by atoms with Crippen LogP contribution in [0.5, 0.6) is 0 Å². The van der Waals surface area contributed by atoms with Crippen LogP contribution in [0.15, 0.2) is 12.2 Å². The fraction of sp³-hybridized carbons (Fsp3) is 0.692. The van der Waals surface area contributed by atoms with Crippen molar-refractivity contribution in [2.75, 3.05) is 7.11 Å². The van der Waals surface area contributed by atoms with Gasteiger partial charge in [0.05, 0.1) is 7.11 Å². The maximum Gasteiger partial charge on any atom is 0.305 e. The molecule has 0 bridgehead atoms. The van der Waals surface area contributed by atoms with Crippen LogP contribution < -0.4 is 0 Å². The molecule has 90 valence electrons. The standard InChI is InChI=1S/C13H20O3/c1-16-13(15)10-5-3-2-4-7-11-8-6-9-12(11)14/h2,4,11H,3,5-10H2,1H3/b4-2-. The van der Waals surface area contributed by atoms with Crippen LogP contribution in [-0.2, 0) is 14.3 Å². The quantitative estimate of drug-likeness (QED) is 0.396. The molecule has 0 amide bonds. The van der Waals surface area contributed by atoms with Gasteiger partial charge in [-0.3, -0.25) is 9.59 Å². The summed E-state index contributed by atoms with van der Waals surface area (Å²) in [6.07, 6.45) is 10.1. The molecule has 0 N–H and O–H groups in total. The third kappa shape index (κ3) is 4.60. The van der Waals surface area contributed by atoms with Crippen molar-refractivity contribution in [3.8, 4) is 0 Å². The summed E-state index contributed by atoms with van der Waals surface area (Å²) >= 11 is 0. The van der Waals surface area contributed by atoms with E-state index >= 15 is 0 Å². The van der Waals surface area contributed by atoms with Crippen molar-refractivity contribution in [2.24, 2.45) is 5.92 Å². The van der Waals surface area contributed by atoms with Crippen molar-refractivity contribution in [1.82, 2.24) is 0 Å². The van der Waals surface area contributed by atoms with Crippen molar-refractivity contribution in [2.45, 2.75) is 44.9 Å². The van der Waals surface area contributed by atoms with Gasteiger partial charge >= 0.3 is 5.97 Å². The van der Waals surface area contributed by atoms with Crippen LogP contribution in [0, 0.1) is 5.92 Å². The van der Waals surface area contributed by atoms with Crippen LogP contribution in [0.2, 0.25) is 0 Å². The van der Waals surface area contributed by atoms with Gasteiger partial charge in [-0.25, -0.2) is 0 Å². The second-order valence-corrected chi connectivity index (χ2v) is 4.23. The van der Waals surface area contributed by atoms with Gasteiger partial charge in [0.1, 0.15) is 5.78 Å². The molecule has 1 saturated carbocycles. The largest absolute Gasteiger partial charge is 0.469 e. The van der Waals surface area contributed by atoms with Gasteiger partial charge in [-0.15, -0.1) is 0 Å². The van der Waals surface area contributed by atoms with E-state index in [9.17, 15) is 9.59 Å². The summed E-state index contributed by atoms with van der Waals surface area (Å²) in [5.74, 6) is 0.524. The lowest BCUT2D eigenvalue weighted by Crippen LogP contribution is -2.04. The summed E-state index contributed by atoms with van der Waals surface area (Å²) in [6.45, 7) is 0. The molecule has 0 spiro atoms. The van der Waals surface area contributed by atoms with E-state index in [4.69, 9.17) is 0 Å². The molecule has 0 aromatic carbocycles. The van der Waals surface area contributed by atoms with E-state index < -0.39 is 0 Å². The Hall–Kier alpha value is -1.12. The number of ketones is 1. The highest BCUT2D eigenvalue weighted by molar-refractivity contribution is 5.82. The van der Waals surface area contributed by atoms with Gasteiger partial charge in [0.15, 0.2) is 0 Å². The van der Waals surface area contributed by atoms with E-state index in [1.54, 1.807) is 0 Å². The molecule has 1 atom stereocenters. The lowest BCUT2D eigenvalue weighted by molar-refractivity contribution is -0.140. The van der Waals surface area contributed by atoms with Gasteiger partial charge in [0.2, 0.25) is 0 Å². The Morgan fingerprint density at radius 2 is 2.31 bits per heavy atom. The third-order valence-corrected chi connectivity index (χ3v) is 3.00. The summed E-state index contributed by atoms with van der Waals surface area (Å²) in [6, 6.07) is 0. The topological polar surface area (TPSA) is 43.4 Å². The van der Waals surface area contributed by atoms with E-state index in [0.29, 0.717) is 12.2 Å². The second-order valence-electron chi connectivity index (χ2n) is 4.23. The van der Waals surface area contributed by atoms with Crippen LogP contribution >= 0.6 is 0 Å². The highest BCUT2D eigenvalue weighted by Crippen LogP contribution is 2.24. The van der Waals surface area contributed by atoms with Crippen molar-refractivity contribution >= 4 is 11.8 Å². The summed E-state index contributed by atoms with van der Waals surface area (Å²) in [5, 5.41) is 0. The van der Waals surface area contributed by atoms with Gasteiger partial charge in [0, 0.05) is 18.8 Å². The molecule has 1 fully saturated rings. The van der Waals surface area contributed by atoms with Crippen LogP contribution in [-0.4, -0.2) is 18.9 Å². The Morgan fingerprint density at radius 1 is 1.50 bits per heavy atom. The molecule has 0 aromatic rings. The Kier molecular flexibility index (Phi) is 5.83. The summed E-state index contributed by atoms with van der Waals surface area (Å²) in [4.78, 5) is 22.1. The second kappa shape index (κ2) is 7.20. The molecule has 3 nitrogen and oxygen atoms in total.